The third-order valence-electron chi connectivity index (χ3n) is 5.91. The van der Waals surface area contributed by atoms with Gasteiger partial charge in [-0.05, 0) is 41.7 Å². The molecule has 0 radical (unpaired) electrons. The molecule has 0 saturated heterocycles. The minimum atomic E-state index is -5.91. The van der Waals surface area contributed by atoms with Crippen LogP contribution in [0, 0.1) is 11.6 Å². The topological polar surface area (TPSA) is 74.6 Å². The predicted octanol–water partition coefficient (Wildman–Crippen LogP) is 3.62. The van der Waals surface area contributed by atoms with Crippen LogP contribution in [0.2, 0.25) is 0 Å². The Balaban J connectivity index is 1.98. The molecule has 0 amide bonds. The zero-order valence-electron chi connectivity index (χ0n) is 15.6. The number of fused-ring (bicyclic) bond motifs is 2. The SMILES string of the molecule is O=S(=O)(c1ccc([C@@H]2c3c(F)cc(F)cc3CC[C@@H]2O)c2c1[C@H](O)[C@H](F)C2)C(F)(F)F. The third-order valence-corrected chi connectivity index (χ3v) is 7.45. The molecule has 11 heteroatoms. The van der Waals surface area contributed by atoms with Crippen LogP contribution in [-0.2, 0) is 22.7 Å². The molecule has 2 aliphatic carbocycles. The first kappa shape index (κ1) is 22.1. The monoisotopic (exact) mass is 466 g/mol. The van der Waals surface area contributed by atoms with Gasteiger partial charge in [-0.15, -0.1) is 0 Å². The van der Waals surface area contributed by atoms with E-state index >= 15 is 0 Å². The molecule has 2 aliphatic rings. The van der Waals surface area contributed by atoms with E-state index in [0.29, 0.717) is 12.1 Å². The first-order valence-electron chi connectivity index (χ1n) is 9.29. The molecule has 168 valence electrons. The number of benzene rings is 2. The quantitative estimate of drug-likeness (QED) is 0.664. The second-order valence-corrected chi connectivity index (χ2v) is 9.61. The standard InChI is InChI=1S/C20H16F6O4S/c21-9-5-8-1-3-14(27)17(16(8)12(22)6-9)10-2-4-15(31(29,30)20(24,25)26)18-11(10)7-13(23)19(18)28/h2,4-6,13-14,17,19,27-28H,1,3,7H2/t13-,14+,17+,19-/m1/s1. The number of alkyl halides is 4. The van der Waals surface area contributed by atoms with Crippen molar-refractivity contribution in [2.75, 3.05) is 0 Å². The van der Waals surface area contributed by atoms with Crippen molar-refractivity contribution in [3.8, 4) is 0 Å². The van der Waals surface area contributed by atoms with Crippen LogP contribution < -0.4 is 0 Å². The highest BCUT2D eigenvalue weighted by Gasteiger charge is 2.51. The summed E-state index contributed by atoms with van der Waals surface area (Å²) in [6.07, 6.45) is -5.87. The fourth-order valence-electron chi connectivity index (χ4n) is 4.57. The maximum absolute atomic E-state index is 14.7. The van der Waals surface area contributed by atoms with E-state index in [9.17, 15) is 45.0 Å². The molecule has 31 heavy (non-hydrogen) atoms. The second kappa shape index (κ2) is 7.21. The Kier molecular flexibility index (Phi) is 5.14. The lowest BCUT2D eigenvalue weighted by Crippen LogP contribution is -2.29. The fraction of sp³-hybridized carbons (Fsp3) is 0.400. The maximum atomic E-state index is 14.7. The summed E-state index contributed by atoms with van der Waals surface area (Å²) >= 11 is 0. The van der Waals surface area contributed by atoms with Crippen molar-refractivity contribution in [1.29, 1.82) is 0 Å². The molecule has 2 aromatic carbocycles. The van der Waals surface area contributed by atoms with E-state index in [0.717, 1.165) is 12.1 Å². The molecule has 0 heterocycles. The van der Waals surface area contributed by atoms with Gasteiger partial charge >= 0.3 is 5.51 Å². The predicted molar refractivity (Wildman–Crippen MR) is 95.8 cm³/mol. The lowest BCUT2D eigenvalue weighted by atomic mass is 9.75. The van der Waals surface area contributed by atoms with E-state index in [1.807, 2.05) is 0 Å². The van der Waals surface area contributed by atoms with E-state index in [2.05, 4.69) is 0 Å². The molecule has 4 atom stereocenters. The molecule has 4 rings (SSSR count). The van der Waals surface area contributed by atoms with Crippen molar-refractivity contribution in [1.82, 2.24) is 0 Å². The fourth-order valence-corrected chi connectivity index (χ4v) is 5.60. The highest BCUT2D eigenvalue weighted by molar-refractivity contribution is 7.92. The maximum Gasteiger partial charge on any atom is 0.501 e. The zero-order valence-corrected chi connectivity index (χ0v) is 16.4. The summed E-state index contributed by atoms with van der Waals surface area (Å²) in [5.74, 6) is -3.03. The van der Waals surface area contributed by atoms with Gasteiger partial charge in [0.2, 0.25) is 0 Å². The molecular formula is C20H16F6O4S. The van der Waals surface area contributed by atoms with Gasteiger partial charge in [0, 0.05) is 29.5 Å². The van der Waals surface area contributed by atoms with Crippen LogP contribution in [0.5, 0.6) is 0 Å². The minimum absolute atomic E-state index is 0.00529. The Morgan fingerprint density at radius 3 is 2.35 bits per heavy atom. The van der Waals surface area contributed by atoms with Crippen molar-refractivity contribution in [3.05, 3.63) is 63.7 Å². The summed E-state index contributed by atoms with van der Waals surface area (Å²) in [6.45, 7) is 0. The normalized spacial score (nSPS) is 25.9. The van der Waals surface area contributed by atoms with Crippen molar-refractivity contribution in [3.63, 3.8) is 0 Å². The number of aliphatic hydroxyl groups excluding tert-OH is 2. The molecule has 2 aromatic rings. The molecule has 0 bridgehead atoms. The number of aliphatic hydroxyl groups is 2. The van der Waals surface area contributed by atoms with Gasteiger partial charge < -0.3 is 10.2 Å². The average molecular weight is 466 g/mol. The number of halogens is 6. The molecule has 2 N–H and O–H groups in total. The number of aryl methyl sites for hydroxylation is 1. The highest BCUT2D eigenvalue weighted by atomic mass is 32.2. The molecule has 0 aliphatic heterocycles. The van der Waals surface area contributed by atoms with E-state index in [1.165, 1.54) is 0 Å². The molecular weight excluding hydrogens is 450 g/mol. The van der Waals surface area contributed by atoms with Gasteiger partial charge in [-0.3, -0.25) is 0 Å². The van der Waals surface area contributed by atoms with Gasteiger partial charge in [0.15, 0.2) is 0 Å². The second-order valence-electron chi connectivity index (χ2n) is 7.70. The van der Waals surface area contributed by atoms with Gasteiger partial charge in [0.25, 0.3) is 9.84 Å². The summed E-state index contributed by atoms with van der Waals surface area (Å²) < 4.78 is 106. The number of rotatable bonds is 2. The first-order chi connectivity index (χ1) is 14.3. The van der Waals surface area contributed by atoms with Crippen LogP contribution in [0.3, 0.4) is 0 Å². The van der Waals surface area contributed by atoms with Crippen LogP contribution >= 0.6 is 0 Å². The smallest absolute Gasteiger partial charge is 0.392 e. The van der Waals surface area contributed by atoms with Crippen LogP contribution in [0.15, 0.2) is 29.2 Å². The summed E-state index contributed by atoms with van der Waals surface area (Å²) in [4.78, 5) is -1.28. The number of sulfone groups is 1. The van der Waals surface area contributed by atoms with Crippen LogP contribution in [0.25, 0.3) is 0 Å². The van der Waals surface area contributed by atoms with Gasteiger partial charge in [0.1, 0.15) is 23.9 Å². The Morgan fingerprint density at radius 2 is 1.71 bits per heavy atom. The summed E-state index contributed by atoms with van der Waals surface area (Å²) in [7, 11) is -5.91. The highest BCUT2D eigenvalue weighted by Crippen LogP contribution is 2.48. The van der Waals surface area contributed by atoms with Crippen molar-refractivity contribution >= 4 is 9.84 Å². The Bertz CT molecular complexity index is 1160. The van der Waals surface area contributed by atoms with E-state index < -0.39 is 68.2 Å². The van der Waals surface area contributed by atoms with Gasteiger partial charge in [0.05, 0.1) is 11.0 Å². The lowest BCUT2D eigenvalue weighted by Gasteiger charge is -2.32. The van der Waals surface area contributed by atoms with E-state index in [1.54, 1.807) is 0 Å². The van der Waals surface area contributed by atoms with Gasteiger partial charge in [-0.2, -0.15) is 13.2 Å². The van der Waals surface area contributed by atoms with Gasteiger partial charge in [-0.25, -0.2) is 21.6 Å². The number of hydrogen-bond acceptors (Lipinski definition) is 4. The Morgan fingerprint density at radius 1 is 1.03 bits per heavy atom. The molecule has 0 unspecified atom stereocenters. The third kappa shape index (κ3) is 3.33. The largest absolute Gasteiger partial charge is 0.501 e. The van der Waals surface area contributed by atoms with Crippen LogP contribution in [0.1, 0.15) is 46.3 Å². The van der Waals surface area contributed by atoms with Crippen LogP contribution in [0.4, 0.5) is 26.3 Å². The van der Waals surface area contributed by atoms with E-state index in [4.69, 9.17) is 0 Å². The summed E-state index contributed by atoms with van der Waals surface area (Å²) in [5.41, 5.74) is -6.52. The minimum Gasteiger partial charge on any atom is -0.392 e. The summed E-state index contributed by atoms with van der Waals surface area (Å²) in [5, 5.41) is 20.7. The molecule has 0 saturated carbocycles. The van der Waals surface area contributed by atoms with Crippen molar-refractivity contribution in [2.24, 2.45) is 0 Å². The molecule has 0 aromatic heterocycles. The molecule has 0 spiro atoms. The molecule has 0 fully saturated rings. The van der Waals surface area contributed by atoms with Crippen molar-refractivity contribution in [2.45, 2.75) is 54.0 Å². The molecule has 4 nitrogen and oxygen atoms in total. The van der Waals surface area contributed by atoms with Gasteiger partial charge in [-0.1, -0.05) is 6.07 Å². The first-order valence-corrected chi connectivity index (χ1v) is 10.8. The number of hydrogen-bond donors (Lipinski definition) is 2. The average Bonchev–Trinajstić information content (AvgIpc) is 2.95. The van der Waals surface area contributed by atoms with E-state index in [-0.39, 0.29) is 35.1 Å². The van der Waals surface area contributed by atoms with Crippen LogP contribution in [-0.4, -0.2) is 36.4 Å². The van der Waals surface area contributed by atoms with Crippen molar-refractivity contribution < 1.29 is 45.0 Å². The Labute approximate surface area is 173 Å². The summed E-state index contributed by atoms with van der Waals surface area (Å²) in [6, 6.07) is 3.22. The zero-order chi connectivity index (χ0) is 22.9. The Hall–Kier alpha value is -2.11. The lowest BCUT2D eigenvalue weighted by molar-refractivity contribution is -0.0437.